The quantitative estimate of drug-likeness (QED) is 0.773. The van der Waals surface area contributed by atoms with E-state index in [0.29, 0.717) is 19.3 Å². The van der Waals surface area contributed by atoms with Crippen molar-refractivity contribution >= 4 is 0 Å². The monoisotopic (exact) mass is 221 g/mol. The number of ether oxygens (including phenoxy) is 2. The molecule has 16 heavy (non-hydrogen) atoms. The lowest BCUT2D eigenvalue weighted by Crippen LogP contribution is -2.15. The zero-order chi connectivity index (χ0) is 11.2. The van der Waals surface area contributed by atoms with Crippen molar-refractivity contribution in [1.29, 1.82) is 0 Å². The summed E-state index contributed by atoms with van der Waals surface area (Å²) in [6, 6.07) is 8.72. The molecule has 1 aromatic carbocycles. The van der Waals surface area contributed by atoms with Gasteiger partial charge in [0.1, 0.15) is 12.4 Å². The molecule has 1 aliphatic rings. The van der Waals surface area contributed by atoms with E-state index in [4.69, 9.17) is 9.47 Å². The molecule has 1 N–H and O–H groups in total. The molecule has 1 saturated heterocycles. The van der Waals surface area contributed by atoms with Crippen molar-refractivity contribution < 1.29 is 9.47 Å². The van der Waals surface area contributed by atoms with Crippen LogP contribution in [0.4, 0.5) is 0 Å². The van der Waals surface area contributed by atoms with E-state index in [1.54, 1.807) is 7.11 Å². The van der Waals surface area contributed by atoms with Crippen LogP contribution in [-0.2, 0) is 4.74 Å². The molecule has 2 rings (SSSR count). The lowest BCUT2D eigenvalue weighted by molar-refractivity contribution is 0.145. The van der Waals surface area contributed by atoms with E-state index in [1.807, 2.05) is 12.1 Å². The second-order valence-electron chi connectivity index (χ2n) is 4.03. The van der Waals surface area contributed by atoms with Crippen molar-refractivity contribution in [1.82, 2.24) is 5.32 Å². The molecule has 3 nitrogen and oxygen atoms in total. The molecule has 1 fully saturated rings. The fraction of sp³-hybridized carbons (Fsp3) is 0.538. The summed E-state index contributed by atoms with van der Waals surface area (Å²) >= 11 is 0. The number of benzene rings is 1. The van der Waals surface area contributed by atoms with Crippen LogP contribution >= 0.6 is 0 Å². The number of para-hydroxylation sites is 1. The molecule has 0 saturated carbocycles. The number of rotatable bonds is 5. The summed E-state index contributed by atoms with van der Waals surface area (Å²) in [7, 11) is 1.69. The van der Waals surface area contributed by atoms with Crippen LogP contribution in [0, 0.1) is 0 Å². The van der Waals surface area contributed by atoms with Gasteiger partial charge in [-0.3, -0.25) is 0 Å². The Balaban J connectivity index is 2.04. The standard InChI is InChI=1S/C13H19NO2/c1-15-9-10-16-13-7-3-2-5-11(13)12-6-4-8-14-12/h2-3,5,7,12,14H,4,6,8-10H2,1H3. The first-order valence-corrected chi connectivity index (χ1v) is 5.86. The summed E-state index contributed by atoms with van der Waals surface area (Å²) in [6.07, 6.45) is 2.45. The summed E-state index contributed by atoms with van der Waals surface area (Å²) in [5, 5.41) is 3.49. The van der Waals surface area contributed by atoms with Crippen LogP contribution in [0.15, 0.2) is 24.3 Å². The molecule has 0 aromatic heterocycles. The molecule has 0 bridgehead atoms. The third-order valence-electron chi connectivity index (χ3n) is 2.90. The summed E-state index contributed by atoms with van der Waals surface area (Å²) in [4.78, 5) is 0. The molecule has 0 amide bonds. The molecule has 1 atom stereocenters. The first-order valence-electron chi connectivity index (χ1n) is 5.86. The Morgan fingerprint density at radius 3 is 2.94 bits per heavy atom. The minimum atomic E-state index is 0.457. The van der Waals surface area contributed by atoms with Crippen molar-refractivity contribution in [2.24, 2.45) is 0 Å². The highest BCUT2D eigenvalue weighted by Gasteiger charge is 2.19. The Morgan fingerprint density at radius 1 is 1.31 bits per heavy atom. The highest BCUT2D eigenvalue weighted by atomic mass is 16.5. The number of nitrogens with one attached hydrogen (secondary N) is 1. The third kappa shape index (κ3) is 2.74. The van der Waals surface area contributed by atoms with Crippen LogP contribution in [0.1, 0.15) is 24.4 Å². The van der Waals surface area contributed by atoms with Crippen molar-refractivity contribution in [2.45, 2.75) is 18.9 Å². The van der Waals surface area contributed by atoms with Gasteiger partial charge >= 0.3 is 0 Å². The van der Waals surface area contributed by atoms with E-state index in [1.165, 1.54) is 18.4 Å². The van der Waals surface area contributed by atoms with Crippen LogP contribution in [-0.4, -0.2) is 26.9 Å². The maximum atomic E-state index is 5.72. The molecule has 1 aliphatic heterocycles. The Bertz CT molecular complexity index is 321. The van der Waals surface area contributed by atoms with Crippen LogP contribution in [0.5, 0.6) is 5.75 Å². The Morgan fingerprint density at radius 2 is 2.19 bits per heavy atom. The smallest absolute Gasteiger partial charge is 0.124 e. The van der Waals surface area contributed by atoms with Crippen molar-refractivity contribution in [3.63, 3.8) is 0 Å². The minimum Gasteiger partial charge on any atom is -0.491 e. The van der Waals surface area contributed by atoms with Gasteiger partial charge in [0.15, 0.2) is 0 Å². The predicted molar refractivity (Wildman–Crippen MR) is 63.8 cm³/mol. The van der Waals surface area contributed by atoms with Crippen LogP contribution < -0.4 is 10.1 Å². The second-order valence-corrected chi connectivity index (χ2v) is 4.03. The largest absolute Gasteiger partial charge is 0.491 e. The Hall–Kier alpha value is -1.06. The lowest BCUT2D eigenvalue weighted by Gasteiger charge is -2.16. The molecule has 3 heteroatoms. The van der Waals surface area contributed by atoms with Gasteiger partial charge in [-0.05, 0) is 25.5 Å². The first-order chi connectivity index (χ1) is 7.92. The van der Waals surface area contributed by atoms with Crippen molar-refractivity contribution in [3.05, 3.63) is 29.8 Å². The summed E-state index contributed by atoms with van der Waals surface area (Å²) in [5.41, 5.74) is 1.27. The van der Waals surface area contributed by atoms with Gasteiger partial charge in [-0.2, -0.15) is 0 Å². The van der Waals surface area contributed by atoms with Gasteiger partial charge < -0.3 is 14.8 Å². The van der Waals surface area contributed by atoms with Gasteiger partial charge in [0, 0.05) is 18.7 Å². The normalized spacial score (nSPS) is 19.9. The van der Waals surface area contributed by atoms with E-state index < -0.39 is 0 Å². The summed E-state index contributed by atoms with van der Waals surface area (Å²) in [5.74, 6) is 0.985. The van der Waals surface area contributed by atoms with Gasteiger partial charge in [-0.1, -0.05) is 18.2 Å². The molecular formula is C13H19NO2. The fourth-order valence-electron chi connectivity index (χ4n) is 2.08. The first kappa shape index (κ1) is 11.4. The number of methoxy groups -OCH3 is 1. The predicted octanol–water partition coefficient (Wildman–Crippen LogP) is 2.14. The summed E-state index contributed by atoms with van der Waals surface area (Å²) in [6.45, 7) is 2.35. The Kier molecular flexibility index (Phi) is 4.19. The van der Waals surface area contributed by atoms with Crippen LogP contribution in [0.25, 0.3) is 0 Å². The van der Waals surface area contributed by atoms with E-state index in [2.05, 4.69) is 17.4 Å². The minimum absolute atomic E-state index is 0.457. The molecule has 0 radical (unpaired) electrons. The topological polar surface area (TPSA) is 30.5 Å². The number of hydrogen-bond acceptors (Lipinski definition) is 3. The molecule has 88 valence electrons. The van der Waals surface area contributed by atoms with Gasteiger partial charge in [0.2, 0.25) is 0 Å². The lowest BCUT2D eigenvalue weighted by atomic mass is 10.0. The zero-order valence-electron chi connectivity index (χ0n) is 9.74. The van der Waals surface area contributed by atoms with E-state index in [0.717, 1.165) is 12.3 Å². The SMILES string of the molecule is COCCOc1ccccc1C1CCCN1. The van der Waals surface area contributed by atoms with E-state index in [-0.39, 0.29) is 0 Å². The average molecular weight is 221 g/mol. The van der Waals surface area contributed by atoms with Crippen molar-refractivity contribution in [3.8, 4) is 5.75 Å². The van der Waals surface area contributed by atoms with E-state index >= 15 is 0 Å². The maximum absolute atomic E-state index is 5.72. The second kappa shape index (κ2) is 5.87. The molecule has 1 aromatic rings. The highest BCUT2D eigenvalue weighted by Crippen LogP contribution is 2.30. The van der Waals surface area contributed by atoms with Gasteiger partial charge in [-0.25, -0.2) is 0 Å². The van der Waals surface area contributed by atoms with Gasteiger partial charge in [0.05, 0.1) is 6.61 Å². The van der Waals surface area contributed by atoms with Gasteiger partial charge in [0.25, 0.3) is 0 Å². The van der Waals surface area contributed by atoms with Crippen LogP contribution in [0.2, 0.25) is 0 Å². The highest BCUT2D eigenvalue weighted by molar-refractivity contribution is 5.36. The Labute approximate surface area is 96.8 Å². The fourth-order valence-corrected chi connectivity index (χ4v) is 2.08. The van der Waals surface area contributed by atoms with Crippen LogP contribution in [0.3, 0.4) is 0 Å². The maximum Gasteiger partial charge on any atom is 0.124 e. The average Bonchev–Trinajstić information content (AvgIpc) is 2.83. The van der Waals surface area contributed by atoms with E-state index in [9.17, 15) is 0 Å². The van der Waals surface area contributed by atoms with Crippen molar-refractivity contribution in [2.75, 3.05) is 26.9 Å². The number of hydrogen-bond donors (Lipinski definition) is 1. The summed E-state index contributed by atoms with van der Waals surface area (Å²) < 4.78 is 10.7. The molecule has 1 heterocycles. The molecule has 0 spiro atoms. The molecule has 0 aliphatic carbocycles. The molecular weight excluding hydrogens is 202 g/mol. The zero-order valence-corrected chi connectivity index (χ0v) is 9.74. The third-order valence-corrected chi connectivity index (χ3v) is 2.90. The van der Waals surface area contributed by atoms with Gasteiger partial charge in [-0.15, -0.1) is 0 Å². The molecule has 1 unspecified atom stereocenters.